The van der Waals surface area contributed by atoms with Gasteiger partial charge >= 0.3 is 0 Å². The van der Waals surface area contributed by atoms with Crippen LogP contribution in [0.3, 0.4) is 0 Å². The van der Waals surface area contributed by atoms with Crippen LogP contribution in [0, 0.1) is 0 Å². The minimum Gasteiger partial charge on any atom is -0.368 e. The number of nitrogens with zero attached hydrogens (tertiary/aromatic N) is 5. The van der Waals surface area contributed by atoms with Gasteiger partial charge in [0.1, 0.15) is 5.82 Å². The first-order valence-corrected chi connectivity index (χ1v) is 9.27. The second kappa shape index (κ2) is 6.93. The lowest BCUT2D eigenvalue weighted by Crippen LogP contribution is -2.19. The maximum atomic E-state index is 5.94. The Morgan fingerprint density at radius 3 is 2.96 bits per heavy atom. The molecule has 4 aromatic rings. The number of hydrogen-bond acceptors (Lipinski definition) is 7. The van der Waals surface area contributed by atoms with Crippen molar-refractivity contribution in [2.24, 2.45) is 0 Å². The molecule has 9 heteroatoms. The second-order valence-electron chi connectivity index (χ2n) is 6.73. The molecule has 1 aliphatic heterocycles. The summed E-state index contributed by atoms with van der Waals surface area (Å²) >= 11 is 0. The van der Waals surface area contributed by atoms with Gasteiger partial charge in [-0.1, -0.05) is 6.07 Å². The number of nitrogens with one attached hydrogen (secondary N) is 2. The number of benzene rings is 1. The molecule has 1 unspecified atom stereocenters. The smallest absolute Gasteiger partial charge is 0.222 e. The summed E-state index contributed by atoms with van der Waals surface area (Å²) in [7, 11) is 0. The Labute approximate surface area is 160 Å². The number of nitrogen functional groups attached to an aromatic ring is 1. The molecule has 0 radical (unpaired) electrons. The Morgan fingerprint density at radius 1 is 1.18 bits per heavy atom. The molecule has 1 aliphatic rings. The first-order chi connectivity index (χ1) is 13.8. The number of ether oxygens (including phenoxy) is 1. The van der Waals surface area contributed by atoms with Crippen LogP contribution in [0.25, 0.3) is 22.2 Å². The van der Waals surface area contributed by atoms with Crippen LogP contribution in [0.4, 0.5) is 17.6 Å². The number of anilines is 3. The summed E-state index contributed by atoms with van der Waals surface area (Å²) in [4.78, 5) is 8.74. The van der Waals surface area contributed by atoms with Crippen LogP contribution in [0.5, 0.6) is 0 Å². The van der Waals surface area contributed by atoms with Gasteiger partial charge in [-0.25, -0.2) is 9.67 Å². The van der Waals surface area contributed by atoms with Crippen molar-refractivity contribution in [2.45, 2.75) is 25.5 Å². The van der Waals surface area contributed by atoms with Gasteiger partial charge in [0.05, 0.1) is 11.2 Å². The Bertz CT molecular complexity index is 1100. The fraction of sp³-hybridized carbons (Fsp3) is 0.263. The third-order valence-corrected chi connectivity index (χ3v) is 4.86. The molecule has 1 fully saturated rings. The SMILES string of the molecule is Nc1nc(Nc2cc[nH]n2)c2ccc(-c3ccnn3C3CCCCO3)cc2n1. The molecule has 0 bridgehead atoms. The highest BCUT2D eigenvalue weighted by atomic mass is 16.5. The Kier molecular flexibility index (Phi) is 4.13. The van der Waals surface area contributed by atoms with E-state index < -0.39 is 0 Å². The highest BCUT2D eigenvalue weighted by Crippen LogP contribution is 2.31. The van der Waals surface area contributed by atoms with Crippen LogP contribution in [0.2, 0.25) is 0 Å². The van der Waals surface area contributed by atoms with E-state index in [4.69, 9.17) is 10.5 Å². The van der Waals surface area contributed by atoms with E-state index >= 15 is 0 Å². The van der Waals surface area contributed by atoms with Gasteiger partial charge in [-0.2, -0.15) is 15.2 Å². The first-order valence-electron chi connectivity index (χ1n) is 9.27. The van der Waals surface area contributed by atoms with Crippen LogP contribution < -0.4 is 11.1 Å². The molecule has 1 atom stereocenters. The molecular formula is C19H20N8O. The van der Waals surface area contributed by atoms with Gasteiger partial charge in [0, 0.05) is 36.0 Å². The van der Waals surface area contributed by atoms with Crippen LogP contribution in [-0.4, -0.2) is 36.6 Å². The van der Waals surface area contributed by atoms with Gasteiger partial charge in [-0.3, -0.25) is 5.10 Å². The van der Waals surface area contributed by atoms with E-state index in [-0.39, 0.29) is 12.2 Å². The number of aromatic nitrogens is 6. The maximum absolute atomic E-state index is 5.94. The summed E-state index contributed by atoms with van der Waals surface area (Å²) in [5.74, 6) is 1.48. The fourth-order valence-corrected chi connectivity index (χ4v) is 3.54. The van der Waals surface area contributed by atoms with E-state index in [9.17, 15) is 0 Å². The molecular weight excluding hydrogens is 356 g/mol. The number of hydrogen-bond donors (Lipinski definition) is 3. The molecule has 142 valence electrons. The van der Waals surface area contributed by atoms with Crippen molar-refractivity contribution in [1.29, 1.82) is 0 Å². The predicted octanol–water partition coefficient (Wildman–Crippen LogP) is 3.24. The Hall–Kier alpha value is -3.46. The minimum absolute atomic E-state index is 0.0261. The normalized spacial score (nSPS) is 17.1. The van der Waals surface area contributed by atoms with Gasteiger partial charge in [0.25, 0.3) is 0 Å². The van der Waals surface area contributed by atoms with E-state index in [1.54, 1.807) is 12.4 Å². The van der Waals surface area contributed by atoms with Crippen molar-refractivity contribution in [2.75, 3.05) is 17.7 Å². The second-order valence-corrected chi connectivity index (χ2v) is 6.73. The Balaban J connectivity index is 1.55. The van der Waals surface area contributed by atoms with Crippen molar-refractivity contribution in [1.82, 2.24) is 29.9 Å². The molecule has 9 nitrogen and oxygen atoms in total. The fourth-order valence-electron chi connectivity index (χ4n) is 3.54. The highest BCUT2D eigenvalue weighted by molar-refractivity contribution is 5.93. The monoisotopic (exact) mass is 376 g/mol. The van der Waals surface area contributed by atoms with E-state index in [0.29, 0.717) is 11.6 Å². The van der Waals surface area contributed by atoms with Crippen molar-refractivity contribution < 1.29 is 4.74 Å². The molecule has 28 heavy (non-hydrogen) atoms. The summed E-state index contributed by atoms with van der Waals surface area (Å²) in [6.45, 7) is 0.771. The Morgan fingerprint density at radius 2 is 2.14 bits per heavy atom. The number of H-pyrrole nitrogens is 1. The van der Waals surface area contributed by atoms with Crippen LogP contribution >= 0.6 is 0 Å². The van der Waals surface area contributed by atoms with Crippen molar-refractivity contribution in [3.8, 4) is 11.3 Å². The standard InChI is InChI=1S/C19H20N8O/c20-19-23-14-11-12(15-6-9-22-27(15)17-3-1-2-10-28-17)4-5-13(14)18(25-19)24-16-7-8-21-26-16/h4-9,11,17H,1-3,10H2,(H4,20,21,23,24,25,26). The van der Waals surface area contributed by atoms with Gasteiger partial charge in [0.15, 0.2) is 12.0 Å². The zero-order valence-electron chi connectivity index (χ0n) is 15.2. The maximum Gasteiger partial charge on any atom is 0.222 e. The van der Waals surface area contributed by atoms with E-state index in [1.165, 1.54) is 0 Å². The van der Waals surface area contributed by atoms with Gasteiger partial charge in [0.2, 0.25) is 5.95 Å². The first kappa shape index (κ1) is 16.7. The molecule has 4 N–H and O–H groups in total. The van der Waals surface area contributed by atoms with Gasteiger partial charge in [-0.15, -0.1) is 0 Å². The molecule has 0 aliphatic carbocycles. The van der Waals surface area contributed by atoms with Crippen molar-refractivity contribution in [3.05, 3.63) is 42.7 Å². The van der Waals surface area contributed by atoms with Gasteiger partial charge < -0.3 is 15.8 Å². The highest BCUT2D eigenvalue weighted by Gasteiger charge is 2.20. The zero-order valence-corrected chi connectivity index (χ0v) is 15.2. The van der Waals surface area contributed by atoms with Crippen LogP contribution in [-0.2, 0) is 4.74 Å². The average Bonchev–Trinajstić information content (AvgIpc) is 3.40. The molecule has 0 spiro atoms. The van der Waals surface area contributed by atoms with Gasteiger partial charge in [-0.05, 0) is 37.5 Å². The quantitative estimate of drug-likeness (QED) is 0.500. The molecule has 0 saturated carbocycles. The summed E-state index contributed by atoms with van der Waals surface area (Å²) in [5, 5.41) is 15.4. The number of rotatable bonds is 4. The molecule has 1 aromatic carbocycles. The summed E-state index contributed by atoms with van der Waals surface area (Å²) in [6.07, 6.45) is 6.73. The lowest BCUT2D eigenvalue weighted by Gasteiger charge is -2.24. The number of aromatic amines is 1. The number of nitrogens with two attached hydrogens (primary N) is 1. The van der Waals surface area contributed by atoms with E-state index in [1.807, 2.05) is 35.0 Å². The predicted molar refractivity (Wildman–Crippen MR) is 106 cm³/mol. The largest absolute Gasteiger partial charge is 0.368 e. The minimum atomic E-state index is -0.0261. The number of fused-ring (bicyclic) bond motifs is 1. The third-order valence-electron chi connectivity index (χ3n) is 4.86. The third kappa shape index (κ3) is 3.05. The van der Waals surface area contributed by atoms with Crippen LogP contribution in [0.15, 0.2) is 42.7 Å². The summed E-state index contributed by atoms with van der Waals surface area (Å²) < 4.78 is 7.86. The van der Waals surface area contributed by atoms with E-state index in [2.05, 4.69) is 30.6 Å². The molecule has 5 rings (SSSR count). The molecule has 0 amide bonds. The van der Waals surface area contributed by atoms with Crippen LogP contribution in [0.1, 0.15) is 25.5 Å². The molecule has 1 saturated heterocycles. The topological polar surface area (TPSA) is 120 Å². The molecule has 4 heterocycles. The zero-order chi connectivity index (χ0) is 18.9. The molecule has 3 aromatic heterocycles. The van der Waals surface area contributed by atoms with Crippen molar-refractivity contribution in [3.63, 3.8) is 0 Å². The lowest BCUT2D eigenvalue weighted by atomic mass is 10.1. The summed E-state index contributed by atoms with van der Waals surface area (Å²) in [5.41, 5.74) is 8.69. The summed E-state index contributed by atoms with van der Waals surface area (Å²) in [6, 6.07) is 9.83. The average molecular weight is 376 g/mol. The van der Waals surface area contributed by atoms with Crippen molar-refractivity contribution >= 4 is 28.5 Å². The lowest BCUT2D eigenvalue weighted by molar-refractivity contribution is -0.0383. The van der Waals surface area contributed by atoms with E-state index in [0.717, 1.165) is 48.0 Å².